The first-order chi connectivity index (χ1) is 25.7. The summed E-state index contributed by atoms with van der Waals surface area (Å²) in [6.07, 6.45) is -30.1. The summed E-state index contributed by atoms with van der Waals surface area (Å²) in [7, 11) is 0. The second kappa shape index (κ2) is 21.5. The maximum absolute atomic E-state index is 13.3. The first-order valence-electron chi connectivity index (χ1n) is 16.8. The van der Waals surface area contributed by atoms with E-state index in [9.17, 15) is 103 Å². The average Bonchev–Trinajstić information content (AvgIpc) is 2.97. The lowest BCUT2D eigenvalue weighted by atomic mass is 9.89. The van der Waals surface area contributed by atoms with Crippen LogP contribution in [0.15, 0.2) is 0 Å². The molecule has 0 aliphatic rings. The third-order valence-electron chi connectivity index (χ3n) is 7.61. The Labute approximate surface area is 340 Å². The molecule has 0 saturated carbocycles. The van der Waals surface area contributed by atoms with Crippen molar-refractivity contribution in [1.29, 1.82) is 0 Å². The van der Waals surface area contributed by atoms with E-state index < -0.39 is 88.1 Å². The van der Waals surface area contributed by atoms with Gasteiger partial charge in [-0.15, -0.1) is 0 Å². The van der Waals surface area contributed by atoms with Gasteiger partial charge in [-0.3, -0.25) is 19.2 Å². The van der Waals surface area contributed by atoms with Crippen molar-refractivity contribution in [3.63, 3.8) is 0 Å². The Morgan fingerprint density at radius 2 is 0.623 bits per heavy atom. The molecule has 0 amide bonds. The van der Waals surface area contributed by atoms with Crippen LogP contribution in [0.4, 0.5) is 83.4 Å². The predicted octanol–water partition coefficient (Wildman–Crippen LogP) is 12.6. The van der Waals surface area contributed by atoms with E-state index in [1.165, 1.54) is 0 Å². The van der Waals surface area contributed by atoms with Crippen LogP contribution < -0.4 is 0 Å². The van der Waals surface area contributed by atoms with Crippen LogP contribution in [0.5, 0.6) is 0 Å². The summed E-state index contributed by atoms with van der Waals surface area (Å²) < 4.78 is 239. The molecule has 61 heavy (non-hydrogen) atoms. The standard InChI is InChI=1S/C10H12F8O2.C10H17F3O2.2C5H6F4O.C5H12O/c1-6(2,8(11,12)13)5(19)20-10(17,18)7(3,4)9(14,15)16;1-8(2,3)6-15-7(14)9(4,5)10(11,12)13;2*1-4(2,3(6)10)5(7,8)9;1-5(2,3)4-6/h1-4H3;6H2,1-5H3;2*1-2H3;6H,4H2,1-3H3. The van der Waals surface area contributed by atoms with E-state index in [-0.39, 0.29) is 51.7 Å². The quantitative estimate of drug-likeness (QED) is 0.154. The summed E-state index contributed by atoms with van der Waals surface area (Å²) in [5, 5.41) is 8.40. The maximum Gasteiger partial charge on any atom is 0.413 e. The van der Waals surface area contributed by atoms with Gasteiger partial charge in [0.25, 0.3) is 0 Å². The van der Waals surface area contributed by atoms with Crippen molar-refractivity contribution in [3.8, 4) is 0 Å². The van der Waals surface area contributed by atoms with Crippen molar-refractivity contribution in [3.05, 3.63) is 0 Å². The molecule has 0 aromatic heterocycles. The van der Waals surface area contributed by atoms with Crippen molar-refractivity contribution in [2.75, 3.05) is 13.2 Å². The van der Waals surface area contributed by atoms with Gasteiger partial charge in [0.15, 0.2) is 27.1 Å². The van der Waals surface area contributed by atoms with Crippen LogP contribution in [-0.4, -0.2) is 79.3 Å². The number of aliphatic hydroxyl groups excluding tert-OH is 1. The van der Waals surface area contributed by atoms with Crippen LogP contribution in [-0.2, 0) is 28.7 Å². The molecule has 1 N–H and O–H groups in total. The molecule has 0 atom stereocenters. The lowest BCUT2D eigenvalue weighted by molar-refractivity contribution is -0.364. The molecule has 368 valence electrons. The van der Waals surface area contributed by atoms with Gasteiger partial charge < -0.3 is 14.6 Å². The largest absolute Gasteiger partial charge is 0.464 e. The van der Waals surface area contributed by atoms with Gasteiger partial charge in [-0.25, -0.2) is 0 Å². The number of carbonyl (C=O) groups is 4. The Kier molecular flexibility index (Phi) is 23.6. The molecule has 0 aromatic carbocycles. The molecule has 26 heteroatoms. The smallest absolute Gasteiger partial charge is 0.413 e. The van der Waals surface area contributed by atoms with Crippen LogP contribution >= 0.6 is 0 Å². The lowest BCUT2D eigenvalue weighted by Crippen LogP contribution is -2.53. The number of carbonyl (C=O) groups excluding carboxylic acids is 4. The molecule has 0 unspecified atom stereocenters. The summed E-state index contributed by atoms with van der Waals surface area (Å²) >= 11 is 0. The molecule has 7 nitrogen and oxygen atoms in total. The van der Waals surface area contributed by atoms with E-state index in [2.05, 4.69) is 9.47 Å². The number of hydrogen-bond acceptors (Lipinski definition) is 7. The fraction of sp³-hybridized carbons (Fsp3) is 0.886. The van der Waals surface area contributed by atoms with E-state index >= 15 is 0 Å². The van der Waals surface area contributed by atoms with E-state index in [0.717, 1.165) is 13.8 Å². The van der Waals surface area contributed by atoms with Gasteiger partial charge >= 0.3 is 61.0 Å². The number of esters is 2. The molecule has 0 fully saturated rings. The Hall–Kier alpha value is -3.09. The van der Waals surface area contributed by atoms with Crippen LogP contribution in [0.2, 0.25) is 0 Å². The highest BCUT2D eigenvalue weighted by atomic mass is 19.4. The van der Waals surface area contributed by atoms with Gasteiger partial charge in [0.2, 0.25) is 0 Å². The molecule has 0 aliphatic carbocycles. The topological polar surface area (TPSA) is 107 Å². The minimum atomic E-state index is -5.49. The van der Waals surface area contributed by atoms with Gasteiger partial charge in [0.05, 0.1) is 6.61 Å². The van der Waals surface area contributed by atoms with Crippen molar-refractivity contribution in [2.45, 2.75) is 148 Å². The normalized spacial score (nSPS) is 14.0. The molecule has 0 aliphatic heterocycles. The highest BCUT2D eigenvalue weighted by molar-refractivity contribution is 5.78. The van der Waals surface area contributed by atoms with Gasteiger partial charge in [-0.1, -0.05) is 41.5 Å². The minimum Gasteiger partial charge on any atom is -0.464 e. The fourth-order valence-electron chi connectivity index (χ4n) is 1.45. The fourth-order valence-corrected chi connectivity index (χ4v) is 1.45. The number of ether oxygens (including phenoxy) is 2. The summed E-state index contributed by atoms with van der Waals surface area (Å²) in [5.41, 5.74) is -15.6. The zero-order chi connectivity index (χ0) is 51.6. The lowest BCUT2D eigenvalue weighted by Gasteiger charge is -2.36. The van der Waals surface area contributed by atoms with Crippen molar-refractivity contribution < 1.29 is 117 Å². The third kappa shape index (κ3) is 21.7. The van der Waals surface area contributed by atoms with Crippen molar-refractivity contribution >= 4 is 24.0 Å². The molecule has 0 radical (unpaired) electrons. The maximum atomic E-state index is 13.3. The van der Waals surface area contributed by atoms with E-state index in [1.807, 2.05) is 20.8 Å². The number of rotatable bonds is 7. The summed E-state index contributed by atoms with van der Waals surface area (Å²) in [6.45, 7) is 15.7. The molecular formula is C35H53F19O7. The summed E-state index contributed by atoms with van der Waals surface area (Å²) in [6, 6.07) is -4.72. The molecule has 0 saturated heterocycles. The number of alkyl halides is 17. The monoisotopic (exact) mass is 946 g/mol. The predicted molar refractivity (Wildman–Crippen MR) is 179 cm³/mol. The summed E-state index contributed by atoms with van der Waals surface area (Å²) in [4.78, 5) is 41.8. The molecule has 0 spiro atoms. The molecule has 0 aromatic rings. The van der Waals surface area contributed by atoms with E-state index in [1.54, 1.807) is 20.8 Å². The molecule has 0 rings (SSSR count). The van der Waals surface area contributed by atoms with Gasteiger partial charge in [0.1, 0.15) is 0 Å². The minimum absolute atomic E-state index is 0.0148. The van der Waals surface area contributed by atoms with E-state index in [4.69, 9.17) is 5.11 Å². The van der Waals surface area contributed by atoms with E-state index in [0.29, 0.717) is 27.7 Å². The van der Waals surface area contributed by atoms with Gasteiger partial charge in [0, 0.05) is 6.61 Å². The molecular weight excluding hydrogens is 893 g/mol. The third-order valence-corrected chi connectivity index (χ3v) is 7.61. The second-order valence-electron chi connectivity index (χ2n) is 17.9. The highest BCUT2D eigenvalue weighted by Crippen LogP contribution is 2.51. The molecule has 0 heterocycles. The zero-order valence-electron chi connectivity index (χ0n) is 36.0. The number of halogens is 19. The zero-order valence-corrected chi connectivity index (χ0v) is 36.0. The first-order valence-corrected chi connectivity index (χ1v) is 16.8. The highest BCUT2D eigenvalue weighted by Gasteiger charge is 2.68. The van der Waals surface area contributed by atoms with Crippen LogP contribution in [0, 0.1) is 37.9 Å². The first kappa shape index (κ1) is 67.0. The summed E-state index contributed by atoms with van der Waals surface area (Å²) in [5.74, 6) is -3.72. The number of aliphatic hydroxyl groups is 1. The van der Waals surface area contributed by atoms with Gasteiger partial charge in [-0.05, 0) is 80.1 Å². The Bertz CT molecular complexity index is 1370. The Morgan fingerprint density at radius 3 is 0.770 bits per heavy atom. The second-order valence-corrected chi connectivity index (χ2v) is 17.9. The van der Waals surface area contributed by atoms with Crippen LogP contribution in [0.1, 0.15) is 111 Å². The van der Waals surface area contributed by atoms with Crippen LogP contribution in [0.25, 0.3) is 0 Å². The molecule has 0 bridgehead atoms. The average molecular weight is 947 g/mol. The van der Waals surface area contributed by atoms with Gasteiger partial charge in [-0.2, -0.15) is 83.4 Å². The number of hydrogen-bond donors (Lipinski definition) is 1. The van der Waals surface area contributed by atoms with Crippen LogP contribution in [0.3, 0.4) is 0 Å². The Balaban J connectivity index is -0.000000226. The van der Waals surface area contributed by atoms with Crippen molar-refractivity contribution in [2.24, 2.45) is 37.9 Å². The Morgan fingerprint density at radius 1 is 0.393 bits per heavy atom. The SMILES string of the molecule is CC(C)(C(=O)F)C(F)(F)F.CC(C)(C(=O)F)C(F)(F)F.CC(C)(C(=O)OC(F)(F)C(C)(C)C(F)(F)F)C(F)(F)F.CC(C)(C)CO.CC(C)(C)COC(=O)C(C)(C)C(F)(F)F. The van der Waals surface area contributed by atoms with Crippen molar-refractivity contribution in [1.82, 2.24) is 0 Å².